The molecule has 31 heavy (non-hydrogen) atoms. The van der Waals surface area contributed by atoms with E-state index in [9.17, 15) is 10.0 Å². The molecule has 3 aromatic carbocycles. The van der Waals surface area contributed by atoms with Gasteiger partial charge in [-0.05, 0) is 58.9 Å². The second-order valence-electron chi connectivity index (χ2n) is 8.26. The van der Waals surface area contributed by atoms with Gasteiger partial charge in [0.15, 0.2) is 0 Å². The Labute approximate surface area is 181 Å². The van der Waals surface area contributed by atoms with Crippen molar-refractivity contribution in [1.82, 2.24) is 0 Å². The standard InChI is InChI=1S/C24H24BN3O3/c1-31-21-9-7-14(12-19(21)25(29)30)23-18-10-13-4-2-3-5-16(13)22(18)17-11-15(24(26)27)6-8-20(17)28-23/h2-9,11-12,18,22-23,28-30H,10H2,1H3,(H3,26,27). The first-order chi connectivity index (χ1) is 15.0. The number of methoxy groups -OCH3 is 1. The molecule has 0 saturated carbocycles. The molecule has 0 saturated heterocycles. The van der Waals surface area contributed by atoms with Gasteiger partial charge in [0.05, 0.1) is 13.2 Å². The van der Waals surface area contributed by atoms with Crippen LogP contribution in [-0.4, -0.2) is 30.1 Å². The van der Waals surface area contributed by atoms with Gasteiger partial charge in [0.25, 0.3) is 0 Å². The normalized spacial score (nSPS) is 20.8. The van der Waals surface area contributed by atoms with Crippen LogP contribution in [-0.2, 0) is 6.42 Å². The number of hydrogen-bond acceptors (Lipinski definition) is 5. The Kier molecular flexibility index (Phi) is 4.72. The molecule has 0 radical (unpaired) electrons. The van der Waals surface area contributed by atoms with Crippen LogP contribution in [0.2, 0.25) is 0 Å². The predicted octanol–water partition coefficient (Wildman–Crippen LogP) is 2.13. The molecule has 1 aliphatic carbocycles. The fourth-order valence-corrected chi connectivity index (χ4v) is 5.21. The van der Waals surface area contributed by atoms with Gasteiger partial charge >= 0.3 is 7.12 Å². The maximum atomic E-state index is 9.85. The summed E-state index contributed by atoms with van der Waals surface area (Å²) in [7, 11) is -0.0906. The summed E-state index contributed by atoms with van der Waals surface area (Å²) < 4.78 is 5.31. The number of fused-ring (bicyclic) bond motifs is 5. The van der Waals surface area contributed by atoms with Crippen molar-refractivity contribution in [2.45, 2.75) is 18.4 Å². The van der Waals surface area contributed by atoms with Crippen LogP contribution in [0.15, 0.2) is 60.7 Å². The number of anilines is 1. The van der Waals surface area contributed by atoms with E-state index in [1.54, 1.807) is 6.07 Å². The lowest BCUT2D eigenvalue weighted by Gasteiger charge is -2.38. The van der Waals surface area contributed by atoms with Gasteiger partial charge < -0.3 is 25.8 Å². The third kappa shape index (κ3) is 3.17. The van der Waals surface area contributed by atoms with Gasteiger partial charge in [-0.2, -0.15) is 0 Å². The summed E-state index contributed by atoms with van der Waals surface area (Å²) in [4.78, 5) is 0. The van der Waals surface area contributed by atoms with Gasteiger partial charge in [-0.25, -0.2) is 0 Å². The first kappa shape index (κ1) is 19.7. The number of nitrogens with two attached hydrogens (primary N) is 1. The van der Waals surface area contributed by atoms with E-state index in [0.717, 1.165) is 28.8 Å². The predicted molar refractivity (Wildman–Crippen MR) is 122 cm³/mol. The number of nitrogens with one attached hydrogen (secondary N) is 2. The van der Waals surface area contributed by atoms with Crippen molar-refractivity contribution >= 4 is 24.1 Å². The summed E-state index contributed by atoms with van der Waals surface area (Å²) in [5.41, 5.74) is 12.6. The van der Waals surface area contributed by atoms with E-state index in [-0.39, 0.29) is 23.7 Å². The molecule has 0 aromatic heterocycles. The second-order valence-corrected chi connectivity index (χ2v) is 8.26. The average molecular weight is 413 g/mol. The van der Waals surface area contributed by atoms with Crippen molar-refractivity contribution in [3.63, 3.8) is 0 Å². The molecule has 0 amide bonds. The summed E-state index contributed by atoms with van der Waals surface area (Å²) in [6.07, 6.45) is 0.908. The number of benzene rings is 3. The van der Waals surface area contributed by atoms with Crippen LogP contribution in [0.25, 0.3) is 0 Å². The molecular weight excluding hydrogens is 389 g/mol. The Balaban J connectivity index is 1.65. The zero-order valence-corrected chi connectivity index (χ0v) is 17.2. The molecule has 0 bridgehead atoms. The second kappa shape index (κ2) is 7.44. The highest BCUT2D eigenvalue weighted by molar-refractivity contribution is 6.59. The van der Waals surface area contributed by atoms with E-state index in [1.807, 2.05) is 30.3 Å². The molecule has 0 fully saturated rings. The fraction of sp³-hybridized carbons (Fsp3) is 0.208. The summed E-state index contributed by atoms with van der Waals surface area (Å²) >= 11 is 0. The molecular formula is C24H24BN3O3. The van der Waals surface area contributed by atoms with Gasteiger partial charge in [-0.1, -0.05) is 36.4 Å². The van der Waals surface area contributed by atoms with Crippen molar-refractivity contribution in [3.05, 3.63) is 88.5 Å². The Hall–Kier alpha value is -3.29. The molecule has 6 N–H and O–H groups in total. The van der Waals surface area contributed by atoms with E-state index in [2.05, 4.69) is 29.6 Å². The number of rotatable bonds is 4. The van der Waals surface area contributed by atoms with Gasteiger partial charge in [0, 0.05) is 22.6 Å². The highest BCUT2D eigenvalue weighted by Gasteiger charge is 2.43. The molecule has 3 atom stereocenters. The fourth-order valence-electron chi connectivity index (χ4n) is 5.21. The van der Waals surface area contributed by atoms with Crippen molar-refractivity contribution in [3.8, 4) is 5.75 Å². The van der Waals surface area contributed by atoms with Crippen LogP contribution in [0.3, 0.4) is 0 Å². The summed E-state index contributed by atoms with van der Waals surface area (Å²) in [6, 6.07) is 19.9. The minimum atomic E-state index is -1.61. The molecule has 3 unspecified atom stereocenters. The molecule has 1 aliphatic heterocycles. The van der Waals surface area contributed by atoms with Crippen molar-refractivity contribution < 1.29 is 14.8 Å². The van der Waals surface area contributed by atoms with Gasteiger partial charge in [-0.3, -0.25) is 5.41 Å². The number of hydrogen-bond donors (Lipinski definition) is 5. The quantitative estimate of drug-likeness (QED) is 0.256. The lowest BCUT2D eigenvalue weighted by molar-refractivity contribution is 0.400. The first-order valence-electron chi connectivity index (χ1n) is 10.3. The third-order valence-electron chi connectivity index (χ3n) is 6.60. The van der Waals surface area contributed by atoms with Crippen molar-refractivity contribution in [1.29, 1.82) is 5.41 Å². The molecule has 1 heterocycles. The zero-order chi connectivity index (χ0) is 21.7. The van der Waals surface area contributed by atoms with Crippen LogP contribution in [0, 0.1) is 11.3 Å². The highest BCUT2D eigenvalue weighted by Crippen LogP contribution is 2.53. The Morgan fingerprint density at radius 3 is 2.65 bits per heavy atom. The van der Waals surface area contributed by atoms with E-state index < -0.39 is 7.12 Å². The van der Waals surface area contributed by atoms with Crippen LogP contribution in [0.5, 0.6) is 5.75 Å². The Morgan fingerprint density at radius 2 is 1.90 bits per heavy atom. The van der Waals surface area contributed by atoms with E-state index >= 15 is 0 Å². The molecule has 3 aromatic rings. The van der Waals surface area contributed by atoms with E-state index in [1.165, 1.54) is 18.2 Å². The number of amidine groups is 1. The topological polar surface area (TPSA) is 112 Å². The summed E-state index contributed by atoms with van der Waals surface area (Å²) in [5, 5.41) is 31.2. The maximum Gasteiger partial charge on any atom is 0.492 e. The molecule has 0 spiro atoms. The highest BCUT2D eigenvalue weighted by atomic mass is 16.5. The van der Waals surface area contributed by atoms with Crippen LogP contribution in [0.4, 0.5) is 5.69 Å². The SMILES string of the molecule is COc1ccc(C2Nc3ccc(C(=N)N)cc3C3c4ccccc4CC23)cc1B(O)O. The minimum absolute atomic E-state index is 0.0171. The van der Waals surface area contributed by atoms with E-state index in [0.29, 0.717) is 11.2 Å². The number of nitrogen functional groups attached to an aromatic ring is 1. The van der Waals surface area contributed by atoms with E-state index in [4.69, 9.17) is 15.9 Å². The lowest BCUT2D eigenvalue weighted by Crippen LogP contribution is -2.34. The van der Waals surface area contributed by atoms with Crippen LogP contribution in [0.1, 0.15) is 39.8 Å². The van der Waals surface area contributed by atoms with Crippen LogP contribution >= 0.6 is 0 Å². The summed E-state index contributed by atoms with van der Waals surface area (Å²) in [6.45, 7) is 0. The van der Waals surface area contributed by atoms with Crippen molar-refractivity contribution in [2.24, 2.45) is 11.7 Å². The average Bonchev–Trinajstić information content (AvgIpc) is 3.17. The van der Waals surface area contributed by atoms with Gasteiger partial charge in [0.2, 0.25) is 0 Å². The monoisotopic (exact) mass is 413 g/mol. The Morgan fingerprint density at radius 1 is 1.10 bits per heavy atom. The largest absolute Gasteiger partial charge is 0.497 e. The minimum Gasteiger partial charge on any atom is -0.497 e. The molecule has 7 heteroatoms. The molecule has 5 rings (SSSR count). The van der Waals surface area contributed by atoms with Crippen LogP contribution < -0.4 is 21.3 Å². The smallest absolute Gasteiger partial charge is 0.492 e. The Bertz CT molecular complexity index is 1180. The summed E-state index contributed by atoms with van der Waals surface area (Å²) in [5.74, 6) is 0.919. The number of ether oxygens (including phenoxy) is 1. The van der Waals surface area contributed by atoms with Crippen molar-refractivity contribution in [2.75, 3.05) is 12.4 Å². The maximum absolute atomic E-state index is 9.85. The zero-order valence-electron chi connectivity index (χ0n) is 17.2. The molecule has 2 aliphatic rings. The first-order valence-corrected chi connectivity index (χ1v) is 10.3. The van der Waals surface area contributed by atoms with Gasteiger partial charge in [-0.15, -0.1) is 0 Å². The van der Waals surface area contributed by atoms with Gasteiger partial charge in [0.1, 0.15) is 11.6 Å². The lowest BCUT2D eigenvalue weighted by atomic mass is 9.73. The molecule has 156 valence electrons. The third-order valence-corrected chi connectivity index (χ3v) is 6.60. The molecule has 6 nitrogen and oxygen atoms in total.